The van der Waals surface area contributed by atoms with Crippen molar-refractivity contribution < 1.29 is 0 Å². The van der Waals surface area contributed by atoms with Crippen molar-refractivity contribution in [2.24, 2.45) is 0 Å². The molecule has 0 atom stereocenters. The highest BCUT2D eigenvalue weighted by molar-refractivity contribution is 8.00. The molecule has 0 bridgehead atoms. The van der Waals surface area contributed by atoms with E-state index in [2.05, 4.69) is 9.97 Å². The predicted octanol–water partition coefficient (Wildman–Crippen LogP) is 1.37. The van der Waals surface area contributed by atoms with Crippen LogP contribution in [0.25, 0.3) is 0 Å². The number of aromatic amines is 1. The summed E-state index contributed by atoms with van der Waals surface area (Å²) in [5.74, 6) is 0. The summed E-state index contributed by atoms with van der Waals surface area (Å²) in [6, 6.07) is 1.44. The van der Waals surface area contributed by atoms with E-state index in [1.807, 2.05) is 0 Å². The van der Waals surface area contributed by atoms with E-state index < -0.39 is 0 Å². The number of rotatable bonds is 2. The molecule has 0 spiro atoms. The zero-order valence-electron chi connectivity index (χ0n) is 5.93. The number of hydrogen-bond donors (Lipinski definition) is 1. The topological polar surface area (TPSA) is 45.8 Å². The largest absolute Gasteiger partial charge is 0.301 e. The maximum Gasteiger partial charge on any atom is 0.251 e. The second kappa shape index (κ2) is 3.78. The summed E-state index contributed by atoms with van der Waals surface area (Å²) in [6.07, 6.45) is 0. The number of nitrogens with one attached hydrogen (secondary N) is 1. The van der Waals surface area contributed by atoms with E-state index >= 15 is 0 Å². The van der Waals surface area contributed by atoms with Gasteiger partial charge in [0.2, 0.25) is 0 Å². The van der Waals surface area contributed by atoms with Crippen LogP contribution in [0.5, 0.6) is 0 Å². The minimum Gasteiger partial charge on any atom is -0.301 e. The van der Waals surface area contributed by atoms with Crippen LogP contribution in [0.3, 0.4) is 0 Å². The van der Waals surface area contributed by atoms with Gasteiger partial charge in [-0.25, -0.2) is 4.98 Å². The van der Waals surface area contributed by atoms with Crippen molar-refractivity contribution in [2.75, 3.05) is 5.21 Å². The van der Waals surface area contributed by atoms with Gasteiger partial charge in [0.05, 0.1) is 5.21 Å². The van der Waals surface area contributed by atoms with E-state index in [0.717, 1.165) is 0 Å². The molecule has 0 aromatic carbocycles. The molecular formula is C6H7ClN2OS. The number of halogens is 1. The van der Waals surface area contributed by atoms with Gasteiger partial charge in [-0.2, -0.15) is 0 Å². The molecule has 1 aromatic rings. The minimum atomic E-state index is -0.134. The molecule has 0 radical (unpaired) electrons. The van der Waals surface area contributed by atoms with Crippen LogP contribution in [-0.4, -0.2) is 15.2 Å². The smallest absolute Gasteiger partial charge is 0.251 e. The van der Waals surface area contributed by atoms with Crippen LogP contribution in [0.2, 0.25) is 0 Å². The van der Waals surface area contributed by atoms with Gasteiger partial charge in [-0.15, -0.1) is 11.6 Å². The minimum absolute atomic E-state index is 0.134. The van der Waals surface area contributed by atoms with Crippen molar-refractivity contribution in [1.82, 2.24) is 9.97 Å². The van der Waals surface area contributed by atoms with Gasteiger partial charge in [0.25, 0.3) is 5.56 Å². The SMILES string of the molecule is Cc1cc(=O)[nH]c(SCCl)n1. The molecule has 0 saturated carbocycles. The Balaban J connectivity index is 2.99. The van der Waals surface area contributed by atoms with Gasteiger partial charge in [-0.1, -0.05) is 11.8 Å². The standard InChI is InChI=1S/C6H7ClN2OS/c1-4-2-5(10)9-6(8-4)11-3-7/h2H,3H2,1H3,(H,8,9,10). The summed E-state index contributed by atoms with van der Waals surface area (Å²) < 4.78 is 0. The number of aryl methyl sites for hydroxylation is 1. The van der Waals surface area contributed by atoms with Gasteiger partial charge in [-0.3, -0.25) is 4.79 Å². The first-order valence-corrected chi connectivity index (χ1v) is 4.51. The Bertz CT molecular complexity index is 299. The Morgan fingerprint density at radius 3 is 3.09 bits per heavy atom. The zero-order valence-corrected chi connectivity index (χ0v) is 7.50. The van der Waals surface area contributed by atoms with Gasteiger partial charge in [0, 0.05) is 11.8 Å². The quantitative estimate of drug-likeness (QED) is 0.435. The number of alkyl halides is 1. The highest BCUT2D eigenvalue weighted by Gasteiger charge is 1.96. The number of thioether (sulfide) groups is 1. The maximum absolute atomic E-state index is 10.8. The van der Waals surface area contributed by atoms with E-state index in [1.165, 1.54) is 17.8 Å². The molecule has 1 heterocycles. The van der Waals surface area contributed by atoms with E-state index in [0.29, 0.717) is 16.1 Å². The second-order valence-corrected chi connectivity index (χ2v) is 3.49. The van der Waals surface area contributed by atoms with Crippen molar-refractivity contribution in [3.63, 3.8) is 0 Å². The summed E-state index contributed by atoms with van der Waals surface area (Å²) >= 11 is 6.74. The number of nitrogens with zero attached hydrogens (tertiary/aromatic N) is 1. The first-order chi connectivity index (χ1) is 5.22. The van der Waals surface area contributed by atoms with Crippen molar-refractivity contribution in [2.45, 2.75) is 12.1 Å². The summed E-state index contributed by atoms with van der Waals surface area (Å²) in [5, 5.41) is 0.969. The molecule has 1 aromatic heterocycles. The molecule has 11 heavy (non-hydrogen) atoms. The molecule has 60 valence electrons. The highest BCUT2D eigenvalue weighted by atomic mass is 35.5. The first kappa shape index (κ1) is 8.62. The molecule has 0 aliphatic heterocycles. The van der Waals surface area contributed by atoms with Gasteiger partial charge in [0.15, 0.2) is 5.16 Å². The van der Waals surface area contributed by atoms with Crippen LogP contribution in [0.4, 0.5) is 0 Å². The molecule has 0 amide bonds. The van der Waals surface area contributed by atoms with Gasteiger partial charge in [0.1, 0.15) is 0 Å². The molecule has 0 saturated heterocycles. The summed E-state index contributed by atoms with van der Waals surface area (Å²) in [5.41, 5.74) is 0.575. The zero-order chi connectivity index (χ0) is 8.27. The van der Waals surface area contributed by atoms with Gasteiger partial charge < -0.3 is 4.98 Å². The summed E-state index contributed by atoms with van der Waals surface area (Å²) in [7, 11) is 0. The molecule has 0 aliphatic rings. The van der Waals surface area contributed by atoms with Gasteiger partial charge >= 0.3 is 0 Å². The average Bonchev–Trinajstić information content (AvgIpc) is 1.85. The molecule has 0 fully saturated rings. The highest BCUT2D eigenvalue weighted by Crippen LogP contribution is 2.11. The van der Waals surface area contributed by atoms with Crippen LogP contribution in [0.15, 0.2) is 16.0 Å². The monoisotopic (exact) mass is 190 g/mol. The Morgan fingerprint density at radius 2 is 2.55 bits per heavy atom. The summed E-state index contributed by atoms with van der Waals surface area (Å²) in [6.45, 7) is 1.77. The molecule has 3 nitrogen and oxygen atoms in total. The lowest BCUT2D eigenvalue weighted by molar-refractivity contribution is 0.907. The molecule has 0 aliphatic carbocycles. The lowest BCUT2D eigenvalue weighted by Gasteiger charge is -1.96. The fraction of sp³-hybridized carbons (Fsp3) is 0.333. The molecule has 1 rings (SSSR count). The third-order valence-electron chi connectivity index (χ3n) is 1.04. The Labute approximate surface area is 73.2 Å². The fourth-order valence-electron chi connectivity index (χ4n) is 0.672. The molecule has 1 N–H and O–H groups in total. The predicted molar refractivity (Wildman–Crippen MR) is 46.2 cm³/mol. The molecular weight excluding hydrogens is 184 g/mol. The van der Waals surface area contributed by atoms with Crippen LogP contribution in [0, 0.1) is 6.92 Å². The lowest BCUT2D eigenvalue weighted by Crippen LogP contribution is -2.07. The van der Waals surface area contributed by atoms with Crippen molar-refractivity contribution in [3.8, 4) is 0 Å². The first-order valence-electron chi connectivity index (χ1n) is 2.99. The van der Waals surface area contributed by atoms with Crippen LogP contribution >= 0.6 is 23.4 Å². The lowest BCUT2D eigenvalue weighted by atomic mass is 10.5. The fourth-order valence-corrected chi connectivity index (χ4v) is 1.47. The number of hydrogen-bond acceptors (Lipinski definition) is 3. The Hall–Kier alpha value is -0.480. The Kier molecular flexibility index (Phi) is 2.96. The van der Waals surface area contributed by atoms with Crippen LogP contribution in [-0.2, 0) is 0 Å². The van der Waals surface area contributed by atoms with Crippen LogP contribution in [0.1, 0.15) is 5.69 Å². The van der Waals surface area contributed by atoms with E-state index in [4.69, 9.17) is 11.6 Å². The molecule has 5 heteroatoms. The number of aromatic nitrogens is 2. The average molecular weight is 191 g/mol. The number of H-pyrrole nitrogens is 1. The van der Waals surface area contributed by atoms with E-state index in [-0.39, 0.29) is 5.56 Å². The van der Waals surface area contributed by atoms with E-state index in [9.17, 15) is 4.79 Å². The summed E-state index contributed by atoms with van der Waals surface area (Å²) in [4.78, 5) is 17.4. The third kappa shape index (κ3) is 2.55. The second-order valence-electron chi connectivity index (χ2n) is 1.95. The third-order valence-corrected chi connectivity index (χ3v) is 1.94. The van der Waals surface area contributed by atoms with Crippen molar-refractivity contribution >= 4 is 23.4 Å². The van der Waals surface area contributed by atoms with Crippen molar-refractivity contribution in [3.05, 3.63) is 22.1 Å². The normalized spacial score (nSPS) is 10.0. The van der Waals surface area contributed by atoms with Crippen molar-refractivity contribution in [1.29, 1.82) is 0 Å². The maximum atomic E-state index is 10.8. The Morgan fingerprint density at radius 1 is 1.82 bits per heavy atom. The molecule has 0 unspecified atom stereocenters. The van der Waals surface area contributed by atoms with Gasteiger partial charge in [-0.05, 0) is 6.92 Å². The van der Waals surface area contributed by atoms with E-state index in [1.54, 1.807) is 6.92 Å². The van der Waals surface area contributed by atoms with Crippen LogP contribution < -0.4 is 5.56 Å².